The number of pyridine rings is 1. The molecule has 1 saturated carbocycles. The van der Waals surface area contributed by atoms with Crippen molar-refractivity contribution in [2.24, 2.45) is 7.05 Å². The highest BCUT2D eigenvalue weighted by Crippen LogP contribution is 2.22. The molecule has 0 bridgehead atoms. The Hall–Kier alpha value is -3.68. The van der Waals surface area contributed by atoms with Crippen molar-refractivity contribution in [2.75, 3.05) is 12.4 Å². The fourth-order valence-corrected chi connectivity index (χ4v) is 3.35. The summed E-state index contributed by atoms with van der Waals surface area (Å²) in [4.78, 5) is 31.4. The van der Waals surface area contributed by atoms with Gasteiger partial charge in [-0.2, -0.15) is 5.10 Å². The Morgan fingerprint density at radius 3 is 2.55 bits per heavy atom. The Balaban J connectivity index is 1.53. The van der Waals surface area contributed by atoms with Gasteiger partial charge in [-0.1, -0.05) is 30.3 Å². The zero-order chi connectivity index (χ0) is 21.8. The van der Waals surface area contributed by atoms with Crippen LogP contribution in [0.25, 0.3) is 11.3 Å². The SMILES string of the molecule is CN(C(=O)NC1CC1)[C@@H](Cc1ccccc1)C(=O)Nc1cc(-c2ccncc2)nn1C. The highest BCUT2D eigenvalue weighted by molar-refractivity contribution is 5.97. The molecule has 3 amide bonds. The molecule has 31 heavy (non-hydrogen) atoms. The molecule has 1 aliphatic carbocycles. The van der Waals surface area contributed by atoms with Gasteiger partial charge in [0.1, 0.15) is 11.9 Å². The zero-order valence-electron chi connectivity index (χ0n) is 17.7. The molecular weight excluding hydrogens is 392 g/mol. The fraction of sp³-hybridized carbons (Fsp3) is 0.304. The van der Waals surface area contributed by atoms with Crippen LogP contribution in [0, 0.1) is 0 Å². The lowest BCUT2D eigenvalue weighted by Crippen LogP contribution is -2.50. The first-order valence-corrected chi connectivity index (χ1v) is 10.3. The van der Waals surface area contributed by atoms with Crippen molar-refractivity contribution in [2.45, 2.75) is 31.3 Å². The summed E-state index contributed by atoms with van der Waals surface area (Å²) in [6, 6.07) is 14.6. The number of amides is 3. The number of carbonyl (C=O) groups is 2. The molecule has 0 saturated heterocycles. The first kappa shape index (κ1) is 20.6. The maximum Gasteiger partial charge on any atom is 0.318 e. The highest BCUT2D eigenvalue weighted by atomic mass is 16.2. The summed E-state index contributed by atoms with van der Waals surface area (Å²) in [7, 11) is 3.44. The molecular formula is C23H26N6O2. The molecule has 0 aliphatic heterocycles. The van der Waals surface area contributed by atoms with Crippen LogP contribution >= 0.6 is 0 Å². The van der Waals surface area contributed by atoms with Crippen molar-refractivity contribution >= 4 is 17.8 Å². The Morgan fingerprint density at radius 2 is 1.87 bits per heavy atom. The van der Waals surface area contributed by atoms with Gasteiger partial charge in [-0.15, -0.1) is 0 Å². The van der Waals surface area contributed by atoms with Gasteiger partial charge >= 0.3 is 6.03 Å². The van der Waals surface area contributed by atoms with Crippen LogP contribution in [0.5, 0.6) is 0 Å². The van der Waals surface area contributed by atoms with Gasteiger partial charge in [0.25, 0.3) is 0 Å². The molecule has 8 heteroatoms. The van der Waals surface area contributed by atoms with Crippen LogP contribution in [-0.4, -0.2) is 50.7 Å². The van der Waals surface area contributed by atoms with Crippen molar-refractivity contribution in [1.82, 2.24) is 25.0 Å². The van der Waals surface area contributed by atoms with Gasteiger partial charge in [0, 0.05) is 50.6 Å². The number of benzene rings is 1. The van der Waals surface area contributed by atoms with Gasteiger partial charge in [-0.3, -0.25) is 14.5 Å². The molecule has 3 aromatic rings. The molecule has 4 rings (SSSR count). The number of anilines is 1. The van der Waals surface area contributed by atoms with Gasteiger partial charge in [-0.25, -0.2) is 4.79 Å². The molecule has 0 spiro atoms. The molecule has 1 atom stereocenters. The highest BCUT2D eigenvalue weighted by Gasteiger charge is 2.31. The Kier molecular flexibility index (Phi) is 5.97. The van der Waals surface area contributed by atoms with E-state index in [0.717, 1.165) is 29.7 Å². The second-order valence-electron chi connectivity index (χ2n) is 7.80. The minimum atomic E-state index is -0.666. The second kappa shape index (κ2) is 8.99. The van der Waals surface area contributed by atoms with Crippen LogP contribution in [0.15, 0.2) is 60.9 Å². The Bertz CT molecular complexity index is 1050. The van der Waals surface area contributed by atoms with Crippen molar-refractivity contribution in [3.05, 3.63) is 66.5 Å². The van der Waals surface area contributed by atoms with E-state index in [1.54, 1.807) is 31.2 Å². The quantitative estimate of drug-likeness (QED) is 0.617. The fourth-order valence-electron chi connectivity index (χ4n) is 3.35. The number of nitrogens with zero attached hydrogens (tertiary/aromatic N) is 4. The third-order valence-electron chi connectivity index (χ3n) is 5.37. The van der Waals surface area contributed by atoms with Gasteiger partial charge in [-0.05, 0) is 30.5 Å². The number of rotatable bonds is 7. The molecule has 0 unspecified atom stereocenters. The van der Waals surface area contributed by atoms with E-state index in [0.29, 0.717) is 12.2 Å². The minimum absolute atomic E-state index is 0.218. The summed E-state index contributed by atoms with van der Waals surface area (Å²) in [6.45, 7) is 0. The molecule has 2 heterocycles. The van der Waals surface area contributed by atoms with E-state index in [1.807, 2.05) is 48.5 Å². The van der Waals surface area contributed by atoms with Crippen molar-refractivity contribution < 1.29 is 9.59 Å². The van der Waals surface area contributed by atoms with Crippen LogP contribution in [0.2, 0.25) is 0 Å². The lowest BCUT2D eigenvalue weighted by molar-refractivity contribution is -0.120. The lowest BCUT2D eigenvalue weighted by atomic mass is 10.0. The van der Waals surface area contributed by atoms with Gasteiger partial charge in [0.05, 0.1) is 5.69 Å². The number of likely N-dealkylation sites (N-methyl/N-ethyl adjacent to an activating group) is 1. The van der Waals surface area contributed by atoms with Crippen LogP contribution in [-0.2, 0) is 18.3 Å². The van der Waals surface area contributed by atoms with Crippen LogP contribution in [0.1, 0.15) is 18.4 Å². The predicted molar refractivity (Wildman–Crippen MR) is 118 cm³/mol. The number of nitrogens with one attached hydrogen (secondary N) is 2. The number of hydrogen-bond donors (Lipinski definition) is 2. The third-order valence-corrected chi connectivity index (χ3v) is 5.37. The van der Waals surface area contributed by atoms with Gasteiger partial charge < -0.3 is 15.5 Å². The van der Waals surface area contributed by atoms with Gasteiger partial charge in [0.2, 0.25) is 5.91 Å². The zero-order valence-corrected chi connectivity index (χ0v) is 17.7. The Labute approximate surface area is 181 Å². The second-order valence-corrected chi connectivity index (χ2v) is 7.80. The van der Waals surface area contributed by atoms with Crippen molar-refractivity contribution in [1.29, 1.82) is 0 Å². The maximum absolute atomic E-state index is 13.3. The predicted octanol–water partition coefficient (Wildman–Crippen LogP) is 2.84. The average molecular weight is 419 g/mol. The number of aromatic nitrogens is 3. The van der Waals surface area contributed by atoms with E-state index in [2.05, 4.69) is 20.7 Å². The van der Waals surface area contributed by atoms with Crippen LogP contribution < -0.4 is 10.6 Å². The average Bonchev–Trinajstić information content (AvgIpc) is 3.53. The molecule has 8 nitrogen and oxygen atoms in total. The van der Waals surface area contributed by atoms with Crippen molar-refractivity contribution in [3.8, 4) is 11.3 Å². The molecule has 0 radical (unpaired) electrons. The molecule has 1 aliphatic rings. The van der Waals surface area contributed by atoms with E-state index in [9.17, 15) is 9.59 Å². The summed E-state index contributed by atoms with van der Waals surface area (Å²) in [5.74, 6) is 0.299. The van der Waals surface area contributed by atoms with E-state index < -0.39 is 6.04 Å². The number of urea groups is 1. The lowest BCUT2D eigenvalue weighted by Gasteiger charge is -2.27. The molecule has 1 aromatic carbocycles. The van der Waals surface area contributed by atoms with Crippen LogP contribution in [0.4, 0.5) is 10.6 Å². The first-order valence-electron chi connectivity index (χ1n) is 10.3. The van der Waals surface area contributed by atoms with Crippen molar-refractivity contribution in [3.63, 3.8) is 0 Å². The molecule has 160 valence electrons. The summed E-state index contributed by atoms with van der Waals surface area (Å²) >= 11 is 0. The summed E-state index contributed by atoms with van der Waals surface area (Å²) in [5, 5.41) is 10.4. The number of carbonyl (C=O) groups excluding carboxylic acids is 2. The van der Waals surface area contributed by atoms with E-state index >= 15 is 0 Å². The normalized spacial score (nSPS) is 14.0. The molecule has 2 aromatic heterocycles. The summed E-state index contributed by atoms with van der Waals surface area (Å²) in [6.07, 6.45) is 5.79. The molecule has 1 fully saturated rings. The Morgan fingerprint density at radius 1 is 1.16 bits per heavy atom. The van der Waals surface area contributed by atoms with E-state index in [-0.39, 0.29) is 18.0 Å². The minimum Gasteiger partial charge on any atom is -0.335 e. The largest absolute Gasteiger partial charge is 0.335 e. The monoisotopic (exact) mass is 418 g/mol. The molecule has 2 N–H and O–H groups in total. The van der Waals surface area contributed by atoms with E-state index in [4.69, 9.17) is 0 Å². The number of aryl methyl sites for hydroxylation is 1. The van der Waals surface area contributed by atoms with E-state index in [1.165, 1.54) is 4.90 Å². The topological polar surface area (TPSA) is 92.2 Å². The summed E-state index contributed by atoms with van der Waals surface area (Å²) in [5.41, 5.74) is 2.63. The number of hydrogen-bond acceptors (Lipinski definition) is 4. The smallest absolute Gasteiger partial charge is 0.318 e. The van der Waals surface area contributed by atoms with Gasteiger partial charge in [0.15, 0.2) is 0 Å². The summed E-state index contributed by atoms with van der Waals surface area (Å²) < 4.78 is 1.62. The van der Waals surface area contributed by atoms with Crippen LogP contribution in [0.3, 0.4) is 0 Å². The third kappa shape index (κ3) is 5.09. The standard InChI is InChI=1S/C23H26N6O2/c1-28(23(31)25-18-8-9-18)20(14-16-6-4-3-5-7-16)22(30)26-21-15-19(27-29(21)2)17-10-12-24-13-11-17/h3-7,10-13,15,18,20H,8-9,14H2,1-2H3,(H,25,31)(H,26,30)/t20-/m0/s1. The maximum atomic E-state index is 13.3. The first-order chi connectivity index (χ1) is 15.0.